The van der Waals surface area contributed by atoms with E-state index in [0.717, 1.165) is 22.1 Å². The molecule has 0 radical (unpaired) electrons. The highest BCUT2D eigenvalue weighted by atomic mass is 16.1. The predicted molar refractivity (Wildman–Crippen MR) is 64.6 cm³/mol. The average Bonchev–Trinajstić information content (AvgIpc) is 2.27. The molecule has 2 aromatic heterocycles. The molecular weight excluding hydrogens is 200 g/mol. The average molecular weight is 210 g/mol. The molecule has 3 nitrogen and oxygen atoms in total. The number of aromatic amines is 1. The van der Waals surface area contributed by atoms with Gasteiger partial charge in [0.25, 0.3) is 5.56 Å². The summed E-state index contributed by atoms with van der Waals surface area (Å²) in [5, 5.41) is 1.63. The van der Waals surface area contributed by atoms with Crippen LogP contribution in [0, 0.1) is 6.92 Å². The number of pyridine rings is 2. The number of benzene rings is 1. The Kier molecular flexibility index (Phi) is 1.80. The molecule has 0 fully saturated rings. The van der Waals surface area contributed by atoms with Gasteiger partial charge in [-0.1, -0.05) is 18.2 Å². The summed E-state index contributed by atoms with van der Waals surface area (Å²) in [7, 11) is 0. The standard InChI is InChI=1S/C13H10N2O/c1-8-6-12-10(13(16)14-8)7-9-4-2-3-5-11(9)15-12/h2-7H,1H3,(H,14,16). The third-order valence-electron chi connectivity index (χ3n) is 2.66. The third kappa shape index (κ3) is 1.29. The van der Waals surface area contributed by atoms with E-state index < -0.39 is 0 Å². The van der Waals surface area contributed by atoms with Crippen molar-refractivity contribution < 1.29 is 0 Å². The van der Waals surface area contributed by atoms with Crippen LogP contribution in [0.25, 0.3) is 21.8 Å². The molecule has 0 bridgehead atoms. The first-order chi connectivity index (χ1) is 7.74. The van der Waals surface area contributed by atoms with Crippen LogP contribution in [0.15, 0.2) is 41.2 Å². The first-order valence-corrected chi connectivity index (χ1v) is 5.13. The van der Waals surface area contributed by atoms with E-state index >= 15 is 0 Å². The molecule has 16 heavy (non-hydrogen) atoms. The highest BCUT2D eigenvalue weighted by molar-refractivity contribution is 5.92. The van der Waals surface area contributed by atoms with Crippen molar-refractivity contribution >= 4 is 21.8 Å². The SMILES string of the molecule is Cc1cc2nc3ccccc3cc2c(=O)[nH]1. The molecule has 0 aliphatic heterocycles. The summed E-state index contributed by atoms with van der Waals surface area (Å²) in [5.41, 5.74) is 2.42. The number of hydrogen-bond acceptors (Lipinski definition) is 2. The lowest BCUT2D eigenvalue weighted by Crippen LogP contribution is -2.07. The zero-order valence-electron chi connectivity index (χ0n) is 8.82. The lowest BCUT2D eigenvalue weighted by molar-refractivity contribution is 1.16. The molecule has 78 valence electrons. The number of aromatic nitrogens is 2. The summed E-state index contributed by atoms with van der Waals surface area (Å²) >= 11 is 0. The Labute approximate surface area is 91.8 Å². The smallest absolute Gasteiger partial charge is 0.257 e. The number of fused-ring (bicyclic) bond motifs is 2. The fraction of sp³-hybridized carbons (Fsp3) is 0.0769. The van der Waals surface area contributed by atoms with Gasteiger partial charge in [0.2, 0.25) is 0 Å². The predicted octanol–water partition coefficient (Wildman–Crippen LogP) is 2.38. The van der Waals surface area contributed by atoms with E-state index in [1.165, 1.54) is 0 Å². The van der Waals surface area contributed by atoms with E-state index in [1.54, 1.807) is 0 Å². The Hall–Kier alpha value is -2.16. The van der Waals surface area contributed by atoms with Crippen LogP contribution in [0.2, 0.25) is 0 Å². The number of para-hydroxylation sites is 1. The first kappa shape index (κ1) is 9.09. The van der Waals surface area contributed by atoms with Gasteiger partial charge in [-0.15, -0.1) is 0 Å². The molecule has 2 heterocycles. The van der Waals surface area contributed by atoms with E-state index in [2.05, 4.69) is 9.97 Å². The maximum absolute atomic E-state index is 11.7. The van der Waals surface area contributed by atoms with Crippen LogP contribution in [0.5, 0.6) is 0 Å². The Morgan fingerprint density at radius 2 is 1.94 bits per heavy atom. The van der Waals surface area contributed by atoms with Gasteiger partial charge in [0.05, 0.1) is 16.4 Å². The number of hydrogen-bond donors (Lipinski definition) is 1. The Morgan fingerprint density at radius 3 is 2.81 bits per heavy atom. The van der Waals surface area contributed by atoms with Crippen molar-refractivity contribution in [3.05, 3.63) is 52.4 Å². The first-order valence-electron chi connectivity index (χ1n) is 5.13. The molecular formula is C13H10N2O. The second kappa shape index (κ2) is 3.17. The van der Waals surface area contributed by atoms with Crippen LogP contribution in [-0.2, 0) is 0 Å². The molecule has 3 rings (SSSR count). The molecule has 0 aliphatic carbocycles. The molecule has 3 aromatic rings. The van der Waals surface area contributed by atoms with Crippen molar-refractivity contribution in [3.8, 4) is 0 Å². The largest absolute Gasteiger partial charge is 0.326 e. The summed E-state index contributed by atoms with van der Waals surface area (Å²) < 4.78 is 0. The lowest BCUT2D eigenvalue weighted by atomic mass is 10.1. The molecule has 1 N–H and O–H groups in total. The second-order valence-corrected chi connectivity index (χ2v) is 3.90. The van der Waals surface area contributed by atoms with Gasteiger partial charge >= 0.3 is 0 Å². The molecule has 0 amide bonds. The van der Waals surface area contributed by atoms with Crippen molar-refractivity contribution in [3.63, 3.8) is 0 Å². The van der Waals surface area contributed by atoms with E-state index in [9.17, 15) is 4.79 Å². The van der Waals surface area contributed by atoms with Crippen LogP contribution in [0.4, 0.5) is 0 Å². The van der Waals surface area contributed by atoms with Crippen molar-refractivity contribution in [2.75, 3.05) is 0 Å². The minimum atomic E-state index is -0.0757. The molecule has 0 spiro atoms. The van der Waals surface area contributed by atoms with Crippen LogP contribution in [0.1, 0.15) is 5.69 Å². The molecule has 0 saturated carbocycles. The fourth-order valence-corrected chi connectivity index (χ4v) is 1.91. The Balaban J connectivity index is 2.56. The van der Waals surface area contributed by atoms with Crippen molar-refractivity contribution in [1.29, 1.82) is 0 Å². The Morgan fingerprint density at radius 1 is 1.12 bits per heavy atom. The van der Waals surface area contributed by atoms with Crippen LogP contribution in [0.3, 0.4) is 0 Å². The minimum Gasteiger partial charge on any atom is -0.326 e. The third-order valence-corrected chi connectivity index (χ3v) is 2.66. The molecule has 1 aromatic carbocycles. The van der Waals surface area contributed by atoms with Crippen LogP contribution in [-0.4, -0.2) is 9.97 Å². The number of aryl methyl sites for hydroxylation is 1. The van der Waals surface area contributed by atoms with E-state index in [-0.39, 0.29) is 5.56 Å². The zero-order chi connectivity index (χ0) is 11.1. The normalized spacial score (nSPS) is 11.1. The molecule has 3 heteroatoms. The van der Waals surface area contributed by atoms with Crippen LogP contribution < -0.4 is 5.56 Å². The van der Waals surface area contributed by atoms with E-state index in [4.69, 9.17) is 0 Å². The van der Waals surface area contributed by atoms with Crippen molar-refractivity contribution in [2.45, 2.75) is 6.92 Å². The summed E-state index contributed by atoms with van der Waals surface area (Å²) in [6.45, 7) is 1.86. The number of nitrogens with one attached hydrogen (secondary N) is 1. The van der Waals surface area contributed by atoms with E-state index in [1.807, 2.05) is 43.3 Å². The highest BCUT2D eigenvalue weighted by Gasteiger charge is 2.03. The van der Waals surface area contributed by atoms with Crippen LogP contribution >= 0.6 is 0 Å². The quantitative estimate of drug-likeness (QED) is 0.579. The summed E-state index contributed by atoms with van der Waals surface area (Å²) in [5.74, 6) is 0. The summed E-state index contributed by atoms with van der Waals surface area (Å²) in [6.07, 6.45) is 0. The molecule has 0 aliphatic rings. The lowest BCUT2D eigenvalue weighted by Gasteiger charge is -2.01. The summed E-state index contributed by atoms with van der Waals surface area (Å²) in [6, 6.07) is 11.6. The monoisotopic (exact) mass is 210 g/mol. The Bertz CT molecular complexity index is 744. The molecule has 0 unspecified atom stereocenters. The molecule has 0 atom stereocenters. The van der Waals surface area contributed by atoms with Gasteiger partial charge in [0, 0.05) is 11.1 Å². The van der Waals surface area contributed by atoms with Gasteiger partial charge in [0.1, 0.15) is 0 Å². The second-order valence-electron chi connectivity index (χ2n) is 3.90. The summed E-state index contributed by atoms with van der Waals surface area (Å²) in [4.78, 5) is 19.0. The van der Waals surface area contributed by atoms with Crippen molar-refractivity contribution in [2.24, 2.45) is 0 Å². The van der Waals surface area contributed by atoms with E-state index in [0.29, 0.717) is 5.39 Å². The maximum Gasteiger partial charge on any atom is 0.257 e. The number of nitrogens with zero attached hydrogens (tertiary/aromatic N) is 1. The maximum atomic E-state index is 11.7. The van der Waals surface area contributed by atoms with Gasteiger partial charge in [-0.3, -0.25) is 4.79 Å². The van der Waals surface area contributed by atoms with Gasteiger partial charge in [-0.05, 0) is 25.1 Å². The molecule has 0 saturated heterocycles. The van der Waals surface area contributed by atoms with Gasteiger partial charge in [0.15, 0.2) is 0 Å². The van der Waals surface area contributed by atoms with Gasteiger partial charge in [-0.25, -0.2) is 4.98 Å². The minimum absolute atomic E-state index is 0.0757. The topological polar surface area (TPSA) is 45.8 Å². The van der Waals surface area contributed by atoms with Crippen molar-refractivity contribution in [1.82, 2.24) is 9.97 Å². The van der Waals surface area contributed by atoms with Gasteiger partial charge in [-0.2, -0.15) is 0 Å². The number of rotatable bonds is 0. The highest BCUT2D eigenvalue weighted by Crippen LogP contribution is 2.16. The van der Waals surface area contributed by atoms with Gasteiger partial charge < -0.3 is 4.98 Å². The fourth-order valence-electron chi connectivity index (χ4n) is 1.91. The number of H-pyrrole nitrogens is 1. The zero-order valence-corrected chi connectivity index (χ0v) is 8.82.